The Hall–Kier alpha value is -0.650. The maximum absolute atomic E-state index is 11.8. The molecule has 1 saturated heterocycles. The van der Waals surface area contributed by atoms with Gasteiger partial charge in [-0.3, -0.25) is 4.79 Å². The number of rotatable bonds is 9. The Morgan fingerprint density at radius 2 is 2.00 bits per heavy atom. The molecule has 0 aromatic rings. The van der Waals surface area contributed by atoms with E-state index in [1.807, 2.05) is 0 Å². The first-order valence-corrected chi connectivity index (χ1v) is 6.68. The zero-order chi connectivity index (χ0) is 13.0. The van der Waals surface area contributed by atoms with Crippen LogP contribution in [0.5, 0.6) is 0 Å². The molecule has 1 heterocycles. The van der Waals surface area contributed by atoms with Crippen molar-refractivity contribution in [1.82, 2.24) is 4.90 Å². The predicted octanol–water partition coefficient (Wildman–Crippen LogP) is 1.37. The lowest BCUT2D eigenvalue weighted by molar-refractivity contribution is -0.197. The molecule has 2 aliphatic rings. The summed E-state index contributed by atoms with van der Waals surface area (Å²) in [5, 5.41) is 0. The van der Waals surface area contributed by atoms with Gasteiger partial charge in [-0.1, -0.05) is 25.7 Å². The molecule has 18 heavy (non-hydrogen) atoms. The average molecular weight is 257 g/mol. The van der Waals surface area contributed by atoms with Crippen LogP contribution in [0, 0.1) is 5.92 Å². The number of nitrogens with zero attached hydrogens (tertiary/aromatic N) is 1. The topological polar surface area (TPSA) is 48.0 Å². The molecule has 0 bridgehead atoms. The van der Waals surface area contributed by atoms with Crippen molar-refractivity contribution in [2.75, 3.05) is 27.7 Å². The van der Waals surface area contributed by atoms with Crippen molar-refractivity contribution in [3.05, 3.63) is 0 Å². The van der Waals surface area contributed by atoms with Crippen molar-refractivity contribution >= 4 is 5.91 Å². The summed E-state index contributed by atoms with van der Waals surface area (Å²) in [6.07, 6.45) is 5.88. The Labute approximate surface area is 108 Å². The summed E-state index contributed by atoms with van der Waals surface area (Å²) in [5.74, 6) is 0.959. The van der Waals surface area contributed by atoms with Crippen LogP contribution in [0.15, 0.2) is 0 Å². The second-order valence-corrected chi connectivity index (χ2v) is 5.16. The Morgan fingerprint density at radius 3 is 2.61 bits per heavy atom. The fourth-order valence-electron chi connectivity index (χ4n) is 2.52. The minimum Gasteiger partial charge on any atom is -0.364 e. The average Bonchev–Trinajstić information content (AvgIpc) is 3.18. The molecule has 0 N–H and O–H groups in total. The van der Waals surface area contributed by atoms with Gasteiger partial charge in [0, 0.05) is 14.2 Å². The number of likely N-dealkylation sites (tertiary alicyclic amines) is 1. The van der Waals surface area contributed by atoms with Crippen molar-refractivity contribution in [1.29, 1.82) is 0 Å². The summed E-state index contributed by atoms with van der Waals surface area (Å²) in [6, 6.07) is 0.159. The molecule has 0 unspecified atom stereocenters. The minimum atomic E-state index is -0.334. The highest BCUT2D eigenvalue weighted by Crippen LogP contribution is 2.35. The first-order chi connectivity index (χ1) is 8.77. The van der Waals surface area contributed by atoms with Crippen LogP contribution in [-0.2, 0) is 19.0 Å². The molecule has 0 aromatic carbocycles. The standard InChI is InChI=1S/C13H23NO4/c1-16-8-14-11(5-3-4-10-6-7-10)12(13(14)15)18-9-17-2/h10-12H,3-9H2,1-2H3/t11-,12+/m0/s1. The second-order valence-electron chi connectivity index (χ2n) is 5.16. The molecule has 0 spiro atoms. The molecule has 5 nitrogen and oxygen atoms in total. The van der Waals surface area contributed by atoms with Crippen LogP contribution < -0.4 is 0 Å². The largest absolute Gasteiger partial charge is 0.364 e. The number of hydrogen-bond acceptors (Lipinski definition) is 4. The van der Waals surface area contributed by atoms with E-state index in [1.165, 1.54) is 19.3 Å². The van der Waals surface area contributed by atoms with Gasteiger partial charge in [-0.25, -0.2) is 0 Å². The Bertz CT molecular complexity index is 280. The van der Waals surface area contributed by atoms with Crippen molar-refractivity contribution < 1.29 is 19.0 Å². The summed E-state index contributed by atoms with van der Waals surface area (Å²) in [6.45, 7) is 0.538. The number of hydrogen-bond donors (Lipinski definition) is 0. The summed E-state index contributed by atoms with van der Waals surface area (Å²) in [4.78, 5) is 13.6. The zero-order valence-electron chi connectivity index (χ0n) is 11.3. The zero-order valence-corrected chi connectivity index (χ0v) is 11.3. The van der Waals surface area contributed by atoms with E-state index in [2.05, 4.69) is 0 Å². The van der Waals surface area contributed by atoms with E-state index in [0.717, 1.165) is 18.8 Å². The van der Waals surface area contributed by atoms with E-state index in [9.17, 15) is 4.79 Å². The quantitative estimate of drug-likeness (QED) is 0.462. The summed E-state index contributed by atoms with van der Waals surface area (Å²) in [7, 11) is 3.18. The van der Waals surface area contributed by atoms with Gasteiger partial charge >= 0.3 is 0 Å². The lowest BCUT2D eigenvalue weighted by Crippen LogP contribution is -2.66. The molecular weight excluding hydrogens is 234 g/mol. The van der Waals surface area contributed by atoms with E-state index >= 15 is 0 Å². The van der Waals surface area contributed by atoms with Crippen LogP contribution in [0.4, 0.5) is 0 Å². The van der Waals surface area contributed by atoms with Gasteiger partial charge in [-0.2, -0.15) is 0 Å². The fraction of sp³-hybridized carbons (Fsp3) is 0.923. The highest BCUT2D eigenvalue weighted by atomic mass is 16.7. The van der Waals surface area contributed by atoms with E-state index in [1.54, 1.807) is 19.1 Å². The summed E-state index contributed by atoms with van der Waals surface area (Å²) < 4.78 is 15.4. The van der Waals surface area contributed by atoms with E-state index in [-0.39, 0.29) is 24.8 Å². The molecule has 2 atom stereocenters. The normalized spacial score (nSPS) is 27.4. The van der Waals surface area contributed by atoms with Crippen LogP contribution >= 0.6 is 0 Å². The third-order valence-corrected chi connectivity index (χ3v) is 3.72. The van der Waals surface area contributed by atoms with Crippen molar-refractivity contribution in [3.63, 3.8) is 0 Å². The lowest BCUT2D eigenvalue weighted by atomic mass is 9.93. The van der Waals surface area contributed by atoms with Crippen molar-refractivity contribution in [3.8, 4) is 0 Å². The maximum Gasteiger partial charge on any atom is 0.256 e. The highest BCUT2D eigenvalue weighted by Gasteiger charge is 2.47. The molecule has 5 heteroatoms. The van der Waals surface area contributed by atoms with Gasteiger partial charge in [0.05, 0.1) is 6.04 Å². The van der Waals surface area contributed by atoms with Crippen LogP contribution in [-0.4, -0.2) is 50.7 Å². The number of methoxy groups -OCH3 is 2. The summed E-state index contributed by atoms with van der Waals surface area (Å²) in [5.41, 5.74) is 0. The van der Waals surface area contributed by atoms with Gasteiger partial charge < -0.3 is 19.1 Å². The van der Waals surface area contributed by atoms with Gasteiger partial charge in [0.1, 0.15) is 13.5 Å². The molecule has 0 aromatic heterocycles. The second kappa shape index (κ2) is 6.50. The molecule has 2 rings (SSSR count). The van der Waals surface area contributed by atoms with Crippen LogP contribution in [0.1, 0.15) is 32.1 Å². The van der Waals surface area contributed by atoms with E-state index in [4.69, 9.17) is 14.2 Å². The summed E-state index contributed by atoms with van der Waals surface area (Å²) >= 11 is 0. The molecule has 1 aliphatic heterocycles. The first kappa shape index (κ1) is 13.8. The number of β-lactam (4-membered cyclic amide) rings is 1. The fourth-order valence-corrected chi connectivity index (χ4v) is 2.52. The monoisotopic (exact) mass is 257 g/mol. The lowest BCUT2D eigenvalue weighted by Gasteiger charge is -2.46. The number of amides is 1. The Balaban J connectivity index is 1.77. The molecule has 1 aliphatic carbocycles. The Morgan fingerprint density at radius 1 is 1.22 bits per heavy atom. The molecule has 104 valence electrons. The number of ether oxygens (including phenoxy) is 3. The number of carbonyl (C=O) groups excluding carboxylic acids is 1. The molecule has 1 saturated carbocycles. The van der Waals surface area contributed by atoms with Crippen molar-refractivity contribution in [2.24, 2.45) is 5.92 Å². The SMILES string of the molecule is COCO[C@H]1C(=O)N(COC)[C@H]1CCCC1CC1. The predicted molar refractivity (Wildman–Crippen MR) is 65.8 cm³/mol. The van der Waals surface area contributed by atoms with E-state index < -0.39 is 0 Å². The van der Waals surface area contributed by atoms with Gasteiger partial charge in [-0.05, 0) is 12.3 Å². The smallest absolute Gasteiger partial charge is 0.256 e. The number of carbonyl (C=O) groups is 1. The minimum absolute atomic E-state index is 0.0188. The van der Waals surface area contributed by atoms with E-state index in [0.29, 0.717) is 6.73 Å². The first-order valence-electron chi connectivity index (χ1n) is 6.68. The van der Waals surface area contributed by atoms with Crippen molar-refractivity contribution in [2.45, 2.75) is 44.2 Å². The maximum atomic E-state index is 11.8. The molecular formula is C13H23NO4. The third kappa shape index (κ3) is 3.22. The van der Waals surface area contributed by atoms with Gasteiger partial charge in [0.25, 0.3) is 5.91 Å². The molecule has 2 fully saturated rings. The highest BCUT2D eigenvalue weighted by molar-refractivity contribution is 5.88. The van der Waals surface area contributed by atoms with Gasteiger partial charge in [0.2, 0.25) is 0 Å². The Kier molecular flexibility index (Phi) is 4.97. The molecule has 1 amide bonds. The third-order valence-electron chi connectivity index (χ3n) is 3.72. The van der Waals surface area contributed by atoms with Gasteiger partial charge in [0.15, 0.2) is 6.10 Å². The van der Waals surface area contributed by atoms with Crippen LogP contribution in [0.2, 0.25) is 0 Å². The van der Waals surface area contributed by atoms with Crippen LogP contribution in [0.25, 0.3) is 0 Å². The van der Waals surface area contributed by atoms with Crippen LogP contribution in [0.3, 0.4) is 0 Å². The molecule has 0 radical (unpaired) electrons. The van der Waals surface area contributed by atoms with Gasteiger partial charge in [-0.15, -0.1) is 0 Å².